The highest BCUT2D eigenvalue weighted by molar-refractivity contribution is 6.42. The Hall–Kier alpha value is -2.95. The summed E-state index contributed by atoms with van der Waals surface area (Å²) in [5.41, 5.74) is 3.26. The molecule has 0 saturated carbocycles. The minimum atomic E-state index is -0.626. The molecule has 1 aliphatic heterocycles. The van der Waals surface area contributed by atoms with Gasteiger partial charge in [0.05, 0.1) is 13.5 Å². The number of carbonyl (C=O) groups is 2. The fraction of sp³-hybridized carbons (Fsp3) is 0.250. The Bertz CT molecular complexity index is 781. The molecule has 0 unspecified atom stereocenters. The Morgan fingerprint density at radius 3 is 2.40 bits per heavy atom. The number of carbonyl (C=O) groups excluding carboxylic acids is 2. The molecule has 128 valence electrons. The van der Waals surface area contributed by atoms with Gasteiger partial charge in [-0.3, -0.25) is 9.59 Å². The van der Waals surface area contributed by atoms with Crippen LogP contribution in [0.2, 0.25) is 0 Å². The number of benzene rings is 2. The van der Waals surface area contributed by atoms with Crippen molar-refractivity contribution in [2.24, 2.45) is 5.16 Å². The van der Waals surface area contributed by atoms with Gasteiger partial charge in [-0.2, -0.15) is 0 Å². The van der Waals surface area contributed by atoms with Crippen LogP contribution in [-0.4, -0.2) is 24.6 Å². The Labute approximate surface area is 146 Å². The van der Waals surface area contributed by atoms with Crippen molar-refractivity contribution in [3.05, 3.63) is 71.3 Å². The van der Waals surface area contributed by atoms with Crippen LogP contribution in [0.25, 0.3) is 0 Å². The second-order valence-corrected chi connectivity index (χ2v) is 5.87. The summed E-state index contributed by atoms with van der Waals surface area (Å²) in [6, 6.07) is 17.1. The van der Waals surface area contributed by atoms with Gasteiger partial charge in [-0.25, -0.2) is 0 Å². The van der Waals surface area contributed by atoms with E-state index in [1.165, 1.54) is 7.11 Å². The average molecular weight is 337 g/mol. The first-order chi connectivity index (χ1) is 12.2. The Kier molecular flexibility index (Phi) is 5.23. The summed E-state index contributed by atoms with van der Waals surface area (Å²) in [5, 5.41) is 3.96. The number of ether oxygens (including phenoxy) is 1. The zero-order valence-electron chi connectivity index (χ0n) is 14.0. The molecule has 0 saturated heterocycles. The van der Waals surface area contributed by atoms with Gasteiger partial charge in [0.1, 0.15) is 5.71 Å². The van der Waals surface area contributed by atoms with E-state index in [0.29, 0.717) is 18.6 Å². The van der Waals surface area contributed by atoms with Crippen molar-refractivity contribution in [3.63, 3.8) is 0 Å². The van der Waals surface area contributed by atoms with E-state index in [9.17, 15) is 9.59 Å². The smallest absolute Gasteiger partial charge is 0.309 e. The first-order valence-electron chi connectivity index (χ1n) is 8.14. The molecule has 0 aromatic heterocycles. The summed E-state index contributed by atoms with van der Waals surface area (Å²) in [6.07, 6.45) is 0.847. The first kappa shape index (κ1) is 16.9. The molecule has 5 nitrogen and oxygen atoms in total. The van der Waals surface area contributed by atoms with Crippen LogP contribution < -0.4 is 0 Å². The van der Waals surface area contributed by atoms with Crippen LogP contribution in [0.1, 0.15) is 29.2 Å². The van der Waals surface area contributed by atoms with E-state index in [4.69, 9.17) is 4.84 Å². The van der Waals surface area contributed by atoms with Crippen LogP contribution in [-0.2, 0) is 32.0 Å². The van der Waals surface area contributed by atoms with Crippen LogP contribution in [0, 0.1) is 0 Å². The third-order valence-electron chi connectivity index (χ3n) is 4.14. The summed E-state index contributed by atoms with van der Waals surface area (Å²) >= 11 is 0. The number of aryl methyl sites for hydroxylation is 1. The molecule has 0 fully saturated rings. The number of Topliss-reactive ketones (excluding diaryl/α,β-unsaturated/α-hetero) is 1. The van der Waals surface area contributed by atoms with Crippen LogP contribution in [0.4, 0.5) is 0 Å². The van der Waals surface area contributed by atoms with E-state index >= 15 is 0 Å². The molecular weight excluding hydrogens is 318 g/mol. The predicted octanol–water partition coefficient (Wildman–Crippen LogP) is 3.03. The van der Waals surface area contributed by atoms with Gasteiger partial charge in [-0.1, -0.05) is 59.8 Å². The van der Waals surface area contributed by atoms with Crippen LogP contribution in [0.3, 0.4) is 0 Å². The number of rotatable bonds is 6. The molecule has 0 N–H and O–H groups in total. The van der Waals surface area contributed by atoms with Crippen molar-refractivity contribution in [1.29, 1.82) is 0 Å². The molecule has 0 amide bonds. The highest BCUT2D eigenvalue weighted by atomic mass is 16.6. The molecule has 0 spiro atoms. The van der Waals surface area contributed by atoms with E-state index < -0.39 is 6.10 Å². The maximum absolute atomic E-state index is 12.4. The number of oxime groups is 1. The van der Waals surface area contributed by atoms with Crippen LogP contribution >= 0.6 is 0 Å². The van der Waals surface area contributed by atoms with Crippen LogP contribution in [0.5, 0.6) is 0 Å². The number of hydrogen-bond donors (Lipinski definition) is 0. The van der Waals surface area contributed by atoms with Gasteiger partial charge in [-0.05, 0) is 17.5 Å². The fourth-order valence-electron chi connectivity index (χ4n) is 2.69. The Morgan fingerprint density at radius 1 is 1.04 bits per heavy atom. The highest BCUT2D eigenvalue weighted by Crippen LogP contribution is 2.25. The third kappa shape index (κ3) is 4.12. The van der Waals surface area contributed by atoms with E-state index in [1.807, 2.05) is 54.6 Å². The fourth-order valence-corrected chi connectivity index (χ4v) is 2.69. The second-order valence-electron chi connectivity index (χ2n) is 5.87. The van der Waals surface area contributed by atoms with Gasteiger partial charge in [0, 0.05) is 12.0 Å². The van der Waals surface area contributed by atoms with E-state index in [-0.39, 0.29) is 18.2 Å². The topological polar surface area (TPSA) is 65.0 Å². The lowest BCUT2D eigenvalue weighted by Crippen LogP contribution is -2.17. The van der Waals surface area contributed by atoms with Crippen molar-refractivity contribution in [3.8, 4) is 0 Å². The predicted molar refractivity (Wildman–Crippen MR) is 93.2 cm³/mol. The molecule has 0 radical (unpaired) electrons. The zero-order chi connectivity index (χ0) is 17.6. The summed E-state index contributed by atoms with van der Waals surface area (Å²) in [4.78, 5) is 29.0. The molecule has 2 aromatic carbocycles. The summed E-state index contributed by atoms with van der Waals surface area (Å²) in [5.74, 6) is -0.337. The normalized spacial score (nSPS) is 16.3. The lowest BCUT2D eigenvalue weighted by atomic mass is 9.98. The number of methoxy groups -OCH3 is 1. The van der Waals surface area contributed by atoms with Gasteiger partial charge < -0.3 is 9.57 Å². The number of hydrogen-bond acceptors (Lipinski definition) is 5. The molecule has 2 aromatic rings. The number of esters is 1. The minimum absolute atomic E-state index is 0.0755. The molecule has 1 atom stereocenters. The minimum Gasteiger partial charge on any atom is -0.469 e. The van der Waals surface area contributed by atoms with E-state index in [0.717, 1.165) is 16.7 Å². The third-order valence-corrected chi connectivity index (χ3v) is 4.14. The number of nitrogens with zero attached hydrogens (tertiary/aromatic N) is 1. The van der Waals surface area contributed by atoms with Gasteiger partial charge in [0.15, 0.2) is 0 Å². The van der Waals surface area contributed by atoms with Gasteiger partial charge >= 0.3 is 5.97 Å². The molecule has 25 heavy (non-hydrogen) atoms. The first-order valence-corrected chi connectivity index (χ1v) is 8.14. The van der Waals surface area contributed by atoms with Crippen molar-refractivity contribution < 1.29 is 19.2 Å². The number of ketones is 1. The highest BCUT2D eigenvalue weighted by Gasteiger charge is 2.32. The summed E-state index contributed by atoms with van der Waals surface area (Å²) in [6.45, 7) is 0. The standard InChI is InChI=1S/C20H19NO4/c1-24-18(22)13-15-9-7-14(8-10-15)11-12-17-19(23)20(25-21-17)16-5-3-2-4-6-16/h2-10,20H,11-13H2,1H3/t20-/m1/s1. The largest absolute Gasteiger partial charge is 0.469 e. The van der Waals surface area contributed by atoms with Gasteiger partial charge in [-0.15, -0.1) is 0 Å². The zero-order valence-corrected chi connectivity index (χ0v) is 14.0. The summed E-state index contributed by atoms with van der Waals surface area (Å²) < 4.78 is 4.65. The van der Waals surface area contributed by atoms with E-state index in [1.54, 1.807) is 0 Å². The average Bonchev–Trinajstić information content (AvgIpc) is 3.02. The van der Waals surface area contributed by atoms with Crippen LogP contribution in [0.15, 0.2) is 59.8 Å². The Morgan fingerprint density at radius 2 is 1.72 bits per heavy atom. The van der Waals surface area contributed by atoms with Gasteiger partial charge in [0.25, 0.3) is 0 Å². The molecule has 3 rings (SSSR count). The molecule has 0 bridgehead atoms. The molecule has 1 heterocycles. The molecule has 5 heteroatoms. The van der Waals surface area contributed by atoms with Crippen molar-refractivity contribution in [1.82, 2.24) is 0 Å². The molecular formula is C20H19NO4. The maximum atomic E-state index is 12.4. The van der Waals surface area contributed by atoms with Crippen molar-refractivity contribution in [2.75, 3.05) is 7.11 Å². The summed E-state index contributed by atoms with van der Waals surface area (Å²) in [7, 11) is 1.38. The van der Waals surface area contributed by atoms with Crippen molar-refractivity contribution >= 4 is 17.5 Å². The maximum Gasteiger partial charge on any atom is 0.309 e. The Balaban J connectivity index is 1.55. The second kappa shape index (κ2) is 7.75. The SMILES string of the molecule is COC(=O)Cc1ccc(CCC2=NO[C@H](c3ccccc3)C2=O)cc1. The molecule has 0 aliphatic carbocycles. The lowest BCUT2D eigenvalue weighted by Gasteiger charge is -2.06. The quantitative estimate of drug-likeness (QED) is 0.760. The van der Waals surface area contributed by atoms with E-state index in [2.05, 4.69) is 9.89 Å². The van der Waals surface area contributed by atoms with Gasteiger partial charge in [0.2, 0.25) is 11.9 Å². The lowest BCUT2D eigenvalue weighted by molar-refractivity contribution is -0.139. The van der Waals surface area contributed by atoms with Crippen molar-refractivity contribution in [2.45, 2.75) is 25.4 Å². The monoisotopic (exact) mass is 337 g/mol. The molecule has 1 aliphatic rings.